The van der Waals surface area contributed by atoms with E-state index >= 15 is 0 Å². The van der Waals surface area contributed by atoms with Gasteiger partial charge in [-0.25, -0.2) is 13.2 Å². The predicted molar refractivity (Wildman–Crippen MR) is 134 cm³/mol. The minimum atomic E-state index is -2.89. The van der Waals surface area contributed by atoms with Crippen molar-refractivity contribution >= 4 is 17.7 Å². The Balaban J connectivity index is 1.54. The number of hydrogen-bond acceptors (Lipinski definition) is 4. The van der Waals surface area contributed by atoms with Crippen molar-refractivity contribution in [2.24, 2.45) is 5.92 Å². The summed E-state index contributed by atoms with van der Waals surface area (Å²) in [6, 6.07) is 11.0. The molecule has 1 saturated heterocycles. The van der Waals surface area contributed by atoms with Crippen LogP contribution in [-0.2, 0) is 27.3 Å². The monoisotopic (exact) mass is 531 g/mol. The maximum Gasteiger partial charge on any atom is 0.252 e. The first-order chi connectivity index (χ1) is 18.1. The molecule has 0 bridgehead atoms. The van der Waals surface area contributed by atoms with Gasteiger partial charge in [-0.15, -0.1) is 0 Å². The number of carbonyl (C=O) groups is 3. The lowest BCUT2D eigenvalue weighted by molar-refractivity contribution is -0.167. The Labute approximate surface area is 219 Å². The number of benzene rings is 2. The molecule has 0 aromatic heterocycles. The second kappa shape index (κ2) is 11.9. The predicted octanol–water partition coefficient (Wildman–Crippen LogP) is 3.60. The minimum absolute atomic E-state index is 0.0369. The smallest absolute Gasteiger partial charge is 0.252 e. The van der Waals surface area contributed by atoms with Gasteiger partial charge < -0.3 is 20.3 Å². The van der Waals surface area contributed by atoms with E-state index in [-0.39, 0.29) is 37.7 Å². The van der Waals surface area contributed by atoms with E-state index in [1.54, 1.807) is 19.2 Å². The number of hydrogen-bond donors (Lipinski definition) is 2. The van der Waals surface area contributed by atoms with Gasteiger partial charge in [-0.1, -0.05) is 24.3 Å². The van der Waals surface area contributed by atoms with Crippen LogP contribution in [0.15, 0.2) is 48.5 Å². The number of halogens is 3. The molecule has 7 nitrogen and oxygen atoms in total. The van der Waals surface area contributed by atoms with Gasteiger partial charge in [0.25, 0.3) is 5.92 Å². The summed E-state index contributed by atoms with van der Waals surface area (Å²) < 4.78 is 46.4. The average molecular weight is 532 g/mol. The Kier molecular flexibility index (Phi) is 8.58. The summed E-state index contributed by atoms with van der Waals surface area (Å²) in [5, 5.41) is 5.55. The highest BCUT2D eigenvalue weighted by Crippen LogP contribution is 2.42. The largest absolute Gasteiger partial charge is 0.497 e. The molecule has 3 amide bonds. The van der Waals surface area contributed by atoms with Crippen LogP contribution in [0.3, 0.4) is 0 Å². The van der Waals surface area contributed by atoms with E-state index in [0.29, 0.717) is 24.2 Å². The molecule has 2 aromatic carbocycles. The van der Waals surface area contributed by atoms with Crippen LogP contribution in [0, 0.1) is 11.7 Å². The summed E-state index contributed by atoms with van der Waals surface area (Å²) in [4.78, 5) is 40.3. The molecule has 0 radical (unpaired) electrons. The van der Waals surface area contributed by atoms with Crippen LogP contribution in [0.5, 0.6) is 5.75 Å². The molecular formula is C28H32F3N3O4. The Bertz CT molecular complexity index is 1120. The fourth-order valence-electron chi connectivity index (χ4n) is 5.07. The Morgan fingerprint density at radius 2 is 1.76 bits per heavy atom. The first kappa shape index (κ1) is 27.5. The number of rotatable bonds is 10. The van der Waals surface area contributed by atoms with Gasteiger partial charge in [0.15, 0.2) is 0 Å². The number of aryl methyl sites for hydroxylation is 1. The van der Waals surface area contributed by atoms with E-state index in [9.17, 15) is 27.6 Å². The first-order valence-electron chi connectivity index (χ1n) is 12.8. The highest BCUT2D eigenvalue weighted by molar-refractivity contribution is 5.89. The van der Waals surface area contributed by atoms with Crippen molar-refractivity contribution in [1.82, 2.24) is 15.5 Å². The van der Waals surface area contributed by atoms with E-state index in [4.69, 9.17) is 4.74 Å². The average Bonchev–Trinajstić information content (AvgIpc) is 2.89. The summed E-state index contributed by atoms with van der Waals surface area (Å²) in [6.07, 6.45) is -0.0832. The molecule has 1 saturated carbocycles. The lowest BCUT2D eigenvalue weighted by Gasteiger charge is -2.48. The Hall–Kier alpha value is -3.56. The molecular weight excluding hydrogens is 499 g/mol. The van der Waals surface area contributed by atoms with E-state index < -0.39 is 48.5 Å². The van der Waals surface area contributed by atoms with E-state index in [1.807, 2.05) is 12.1 Å². The van der Waals surface area contributed by atoms with Gasteiger partial charge in [0, 0.05) is 50.7 Å². The highest BCUT2D eigenvalue weighted by atomic mass is 19.3. The van der Waals surface area contributed by atoms with E-state index in [0.717, 1.165) is 5.56 Å². The standard InChI is InChI=1S/C28H32F3N3O4/c1-38-23-10-4-18(5-11-23)6-13-25(36)34(22-14-28(30,31)15-22)26(20-7-12-24(35)32-17-20)27(37)33-16-19-2-8-21(29)9-3-19/h2-5,8-11,20,22,26H,6-7,12-17H2,1H3,(H,32,35)(H,33,37). The normalized spacial score (nSPS) is 19.6. The van der Waals surface area contributed by atoms with Crippen molar-refractivity contribution in [3.05, 3.63) is 65.5 Å². The fraction of sp³-hybridized carbons (Fsp3) is 0.464. The van der Waals surface area contributed by atoms with Crippen LogP contribution in [0.4, 0.5) is 13.2 Å². The Morgan fingerprint density at radius 1 is 1.11 bits per heavy atom. The van der Waals surface area contributed by atoms with E-state index in [2.05, 4.69) is 10.6 Å². The molecule has 2 N–H and O–H groups in total. The number of carbonyl (C=O) groups excluding carboxylic acids is 3. The third-order valence-corrected chi connectivity index (χ3v) is 7.23. The van der Waals surface area contributed by atoms with Gasteiger partial charge in [-0.2, -0.15) is 0 Å². The number of piperidine rings is 1. The maximum atomic E-state index is 14.0. The van der Waals surface area contributed by atoms with Crippen LogP contribution in [0.1, 0.15) is 43.2 Å². The van der Waals surface area contributed by atoms with Gasteiger partial charge in [0.1, 0.15) is 17.6 Å². The third kappa shape index (κ3) is 6.85. The zero-order valence-corrected chi connectivity index (χ0v) is 21.2. The van der Waals surface area contributed by atoms with Crippen LogP contribution in [-0.4, -0.2) is 54.3 Å². The van der Waals surface area contributed by atoms with Gasteiger partial charge >= 0.3 is 0 Å². The van der Waals surface area contributed by atoms with Crippen molar-refractivity contribution in [3.8, 4) is 5.75 Å². The topological polar surface area (TPSA) is 87.7 Å². The number of alkyl halides is 2. The van der Waals surface area contributed by atoms with Crippen molar-refractivity contribution in [3.63, 3.8) is 0 Å². The molecule has 2 aromatic rings. The minimum Gasteiger partial charge on any atom is -0.497 e. The SMILES string of the molecule is COc1ccc(CCC(=O)N(C2CC(F)(F)C2)C(C(=O)NCc2ccc(F)cc2)C2CCC(=O)NC2)cc1. The molecule has 4 rings (SSSR count). The molecule has 0 spiro atoms. The van der Waals surface area contributed by atoms with Gasteiger partial charge in [0.2, 0.25) is 17.7 Å². The quantitative estimate of drug-likeness (QED) is 0.491. The third-order valence-electron chi connectivity index (χ3n) is 7.23. The van der Waals surface area contributed by atoms with Crippen LogP contribution < -0.4 is 15.4 Å². The summed E-state index contributed by atoms with van der Waals surface area (Å²) in [5.41, 5.74) is 1.53. The maximum absolute atomic E-state index is 14.0. The molecule has 2 fully saturated rings. The first-order valence-corrected chi connectivity index (χ1v) is 12.8. The van der Waals surface area contributed by atoms with Crippen molar-refractivity contribution in [2.75, 3.05) is 13.7 Å². The van der Waals surface area contributed by atoms with Crippen molar-refractivity contribution < 1.29 is 32.3 Å². The van der Waals surface area contributed by atoms with Gasteiger partial charge in [-0.05, 0) is 48.2 Å². The molecule has 10 heteroatoms. The second-order valence-electron chi connectivity index (χ2n) is 9.96. The molecule has 2 aliphatic rings. The molecule has 38 heavy (non-hydrogen) atoms. The van der Waals surface area contributed by atoms with Gasteiger partial charge in [0.05, 0.1) is 7.11 Å². The van der Waals surface area contributed by atoms with Crippen LogP contribution in [0.25, 0.3) is 0 Å². The molecule has 204 valence electrons. The summed E-state index contributed by atoms with van der Waals surface area (Å²) in [7, 11) is 1.56. The second-order valence-corrected chi connectivity index (χ2v) is 9.96. The molecule has 1 aliphatic carbocycles. The Morgan fingerprint density at radius 3 is 2.34 bits per heavy atom. The fourth-order valence-corrected chi connectivity index (χ4v) is 5.07. The number of ether oxygens (including phenoxy) is 1. The number of amides is 3. The summed E-state index contributed by atoms with van der Waals surface area (Å²) in [6.45, 7) is 0.252. The lowest BCUT2D eigenvalue weighted by atomic mass is 9.82. The zero-order chi connectivity index (χ0) is 27.3. The zero-order valence-electron chi connectivity index (χ0n) is 21.2. The van der Waals surface area contributed by atoms with Crippen LogP contribution >= 0.6 is 0 Å². The van der Waals surface area contributed by atoms with Crippen molar-refractivity contribution in [1.29, 1.82) is 0 Å². The molecule has 1 aliphatic heterocycles. The summed E-state index contributed by atoms with van der Waals surface area (Å²) >= 11 is 0. The summed E-state index contributed by atoms with van der Waals surface area (Å²) in [5.74, 6) is -4.08. The molecule has 1 heterocycles. The van der Waals surface area contributed by atoms with E-state index in [1.165, 1.54) is 29.2 Å². The number of nitrogens with zero attached hydrogens (tertiary/aromatic N) is 1. The number of methoxy groups -OCH3 is 1. The van der Waals surface area contributed by atoms with Crippen LogP contribution in [0.2, 0.25) is 0 Å². The van der Waals surface area contributed by atoms with Gasteiger partial charge in [-0.3, -0.25) is 14.4 Å². The molecule has 2 atom stereocenters. The van der Waals surface area contributed by atoms with Crippen molar-refractivity contribution in [2.45, 2.75) is 63.1 Å². The highest BCUT2D eigenvalue weighted by Gasteiger charge is 2.52. The lowest BCUT2D eigenvalue weighted by Crippen LogP contribution is -2.63. The molecule has 2 unspecified atom stereocenters. The number of nitrogens with one attached hydrogen (secondary N) is 2.